The highest BCUT2D eigenvalue weighted by molar-refractivity contribution is 7.07. The number of nitrogens with one attached hydrogen (secondary N) is 1. The topological polar surface area (TPSA) is 21.3 Å². The van der Waals surface area contributed by atoms with Gasteiger partial charge in [-0.3, -0.25) is 0 Å². The highest BCUT2D eigenvalue weighted by atomic mass is 32.1. The maximum absolute atomic E-state index is 5.56. The van der Waals surface area contributed by atoms with E-state index in [1.54, 1.807) is 11.3 Å². The SMILES string of the molecule is CNC(COC(C)C)c1ccsc1. The molecule has 74 valence electrons. The molecule has 1 aromatic rings. The Morgan fingerprint density at radius 1 is 1.54 bits per heavy atom. The summed E-state index contributed by atoms with van der Waals surface area (Å²) in [6.45, 7) is 4.85. The standard InChI is InChI=1S/C10H17NOS/c1-8(2)12-6-10(11-3)9-4-5-13-7-9/h4-5,7-8,10-11H,6H2,1-3H3. The van der Waals surface area contributed by atoms with Gasteiger partial charge in [0.15, 0.2) is 0 Å². The van der Waals surface area contributed by atoms with Crippen LogP contribution in [0, 0.1) is 0 Å². The van der Waals surface area contributed by atoms with Gasteiger partial charge in [0.25, 0.3) is 0 Å². The molecule has 2 nitrogen and oxygen atoms in total. The molecular weight excluding hydrogens is 182 g/mol. The van der Waals surface area contributed by atoms with E-state index < -0.39 is 0 Å². The number of hydrogen-bond acceptors (Lipinski definition) is 3. The summed E-state index contributed by atoms with van der Waals surface area (Å²) in [6, 6.07) is 2.46. The van der Waals surface area contributed by atoms with Crippen LogP contribution in [0.3, 0.4) is 0 Å². The Balaban J connectivity index is 2.44. The number of thiophene rings is 1. The zero-order valence-electron chi connectivity index (χ0n) is 8.41. The molecule has 1 unspecified atom stereocenters. The van der Waals surface area contributed by atoms with Crippen molar-refractivity contribution in [1.29, 1.82) is 0 Å². The molecule has 0 aliphatic heterocycles. The second-order valence-corrected chi connectivity index (χ2v) is 4.06. The Bertz CT molecular complexity index is 221. The summed E-state index contributed by atoms with van der Waals surface area (Å²) in [7, 11) is 1.96. The lowest BCUT2D eigenvalue weighted by molar-refractivity contribution is 0.0627. The summed E-state index contributed by atoms with van der Waals surface area (Å²) in [5.74, 6) is 0. The quantitative estimate of drug-likeness (QED) is 0.786. The summed E-state index contributed by atoms with van der Waals surface area (Å²) in [6.07, 6.45) is 0.300. The van der Waals surface area contributed by atoms with Gasteiger partial charge in [-0.15, -0.1) is 0 Å². The maximum Gasteiger partial charge on any atom is 0.0665 e. The number of rotatable bonds is 5. The van der Waals surface area contributed by atoms with Crippen molar-refractivity contribution in [2.45, 2.75) is 26.0 Å². The first-order valence-corrected chi connectivity index (χ1v) is 5.49. The lowest BCUT2D eigenvalue weighted by Gasteiger charge is -2.16. The van der Waals surface area contributed by atoms with Crippen LogP contribution in [-0.4, -0.2) is 19.8 Å². The lowest BCUT2D eigenvalue weighted by atomic mass is 10.2. The second-order valence-electron chi connectivity index (χ2n) is 3.28. The monoisotopic (exact) mass is 199 g/mol. The van der Waals surface area contributed by atoms with Gasteiger partial charge in [-0.25, -0.2) is 0 Å². The Kier molecular flexibility index (Phi) is 4.42. The van der Waals surface area contributed by atoms with E-state index in [-0.39, 0.29) is 0 Å². The molecule has 0 radical (unpaired) electrons. The number of likely N-dealkylation sites (N-methyl/N-ethyl adjacent to an activating group) is 1. The Morgan fingerprint density at radius 2 is 2.31 bits per heavy atom. The summed E-state index contributed by atoms with van der Waals surface area (Å²) in [4.78, 5) is 0. The Hall–Kier alpha value is -0.380. The minimum Gasteiger partial charge on any atom is -0.377 e. The van der Waals surface area contributed by atoms with Crippen molar-refractivity contribution in [1.82, 2.24) is 5.32 Å². The van der Waals surface area contributed by atoms with Crippen LogP contribution < -0.4 is 5.32 Å². The van der Waals surface area contributed by atoms with Crippen molar-refractivity contribution in [2.24, 2.45) is 0 Å². The molecule has 3 heteroatoms. The first-order valence-electron chi connectivity index (χ1n) is 4.55. The van der Waals surface area contributed by atoms with Gasteiger partial charge >= 0.3 is 0 Å². The van der Waals surface area contributed by atoms with Gasteiger partial charge in [0, 0.05) is 0 Å². The molecule has 1 aromatic heterocycles. The van der Waals surface area contributed by atoms with Crippen LogP contribution in [0.25, 0.3) is 0 Å². The average Bonchev–Trinajstić information content (AvgIpc) is 2.58. The number of hydrogen-bond donors (Lipinski definition) is 1. The largest absolute Gasteiger partial charge is 0.377 e. The fraction of sp³-hybridized carbons (Fsp3) is 0.600. The average molecular weight is 199 g/mol. The fourth-order valence-corrected chi connectivity index (χ4v) is 1.82. The van der Waals surface area contributed by atoms with E-state index in [0.717, 1.165) is 6.61 Å². The van der Waals surface area contributed by atoms with Gasteiger partial charge in [-0.05, 0) is 43.3 Å². The van der Waals surface area contributed by atoms with E-state index in [1.165, 1.54) is 5.56 Å². The third kappa shape index (κ3) is 3.46. The van der Waals surface area contributed by atoms with Gasteiger partial charge < -0.3 is 10.1 Å². The van der Waals surface area contributed by atoms with Crippen LogP contribution in [0.1, 0.15) is 25.5 Å². The third-order valence-corrected chi connectivity index (χ3v) is 2.59. The third-order valence-electron chi connectivity index (χ3n) is 1.89. The van der Waals surface area contributed by atoms with Crippen molar-refractivity contribution in [3.05, 3.63) is 22.4 Å². The molecule has 1 N–H and O–H groups in total. The fourth-order valence-electron chi connectivity index (χ4n) is 1.11. The zero-order chi connectivity index (χ0) is 9.68. The van der Waals surface area contributed by atoms with Gasteiger partial charge in [0.1, 0.15) is 0 Å². The normalized spacial score (nSPS) is 13.5. The molecule has 0 aliphatic rings. The van der Waals surface area contributed by atoms with Crippen LogP contribution in [0.15, 0.2) is 16.8 Å². The van der Waals surface area contributed by atoms with Crippen molar-refractivity contribution in [2.75, 3.05) is 13.7 Å². The van der Waals surface area contributed by atoms with E-state index in [1.807, 2.05) is 7.05 Å². The van der Waals surface area contributed by atoms with E-state index in [2.05, 4.69) is 36.0 Å². The molecule has 1 heterocycles. The molecule has 0 amide bonds. The highest BCUT2D eigenvalue weighted by Crippen LogP contribution is 2.16. The van der Waals surface area contributed by atoms with Crippen LogP contribution in [-0.2, 0) is 4.74 Å². The predicted octanol–water partition coefficient (Wildman–Crippen LogP) is 2.43. The smallest absolute Gasteiger partial charge is 0.0665 e. The predicted molar refractivity (Wildman–Crippen MR) is 57.2 cm³/mol. The van der Waals surface area contributed by atoms with E-state index in [0.29, 0.717) is 12.1 Å². The van der Waals surface area contributed by atoms with E-state index in [4.69, 9.17) is 4.74 Å². The van der Waals surface area contributed by atoms with Crippen molar-refractivity contribution in [3.8, 4) is 0 Å². The van der Waals surface area contributed by atoms with Crippen molar-refractivity contribution < 1.29 is 4.74 Å². The second kappa shape index (κ2) is 5.37. The zero-order valence-corrected chi connectivity index (χ0v) is 9.23. The lowest BCUT2D eigenvalue weighted by Crippen LogP contribution is -2.22. The molecule has 1 atom stereocenters. The highest BCUT2D eigenvalue weighted by Gasteiger charge is 2.09. The van der Waals surface area contributed by atoms with Crippen molar-refractivity contribution >= 4 is 11.3 Å². The molecule has 1 rings (SSSR count). The van der Waals surface area contributed by atoms with Gasteiger partial charge in [0.05, 0.1) is 18.8 Å². The number of ether oxygens (including phenoxy) is 1. The molecule has 13 heavy (non-hydrogen) atoms. The molecule has 0 aromatic carbocycles. The molecule has 0 saturated carbocycles. The first-order chi connectivity index (χ1) is 6.24. The van der Waals surface area contributed by atoms with Gasteiger partial charge in [0.2, 0.25) is 0 Å². The minimum absolute atomic E-state index is 0.300. The van der Waals surface area contributed by atoms with Crippen LogP contribution in [0.2, 0.25) is 0 Å². The van der Waals surface area contributed by atoms with Crippen LogP contribution >= 0.6 is 11.3 Å². The molecular formula is C10H17NOS. The maximum atomic E-state index is 5.56. The molecule has 0 bridgehead atoms. The molecule has 0 aliphatic carbocycles. The van der Waals surface area contributed by atoms with Gasteiger partial charge in [-0.2, -0.15) is 11.3 Å². The Morgan fingerprint density at radius 3 is 2.77 bits per heavy atom. The summed E-state index contributed by atoms with van der Waals surface area (Å²) < 4.78 is 5.56. The minimum atomic E-state index is 0.300. The molecule has 0 saturated heterocycles. The summed E-state index contributed by atoms with van der Waals surface area (Å²) in [5, 5.41) is 7.49. The Labute approximate surface area is 83.9 Å². The first kappa shape index (κ1) is 10.7. The van der Waals surface area contributed by atoms with E-state index in [9.17, 15) is 0 Å². The summed E-state index contributed by atoms with van der Waals surface area (Å²) in [5.41, 5.74) is 1.31. The van der Waals surface area contributed by atoms with E-state index >= 15 is 0 Å². The van der Waals surface area contributed by atoms with Crippen LogP contribution in [0.5, 0.6) is 0 Å². The van der Waals surface area contributed by atoms with Crippen LogP contribution in [0.4, 0.5) is 0 Å². The molecule has 0 fully saturated rings. The van der Waals surface area contributed by atoms with Crippen molar-refractivity contribution in [3.63, 3.8) is 0 Å². The van der Waals surface area contributed by atoms with Gasteiger partial charge in [-0.1, -0.05) is 0 Å². The molecule has 0 spiro atoms. The summed E-state index contributed by atoms with van der Waals surface area (Å²) >= 11 is 1.72.